The van der Waals surface area contributed by atoms with Crippen LogP contribution in [0.15, 0.2) is 0 Å². The fraction of sp³-hybridized carbons (Fsp3) is 0.800. The third-order valence-electron chi connectivity index (χ3n) is 3.18. The minimum atomic E-state index is 0.0171. The van der Waals surface area contributed by atoms with Gasteiger partial charge in [-0.2, -0.15) is 11.8 Å². The quantitative estimate of drug-likeness (QED) is 0.723. The average Bonchev–Trinajstić information content (AvgIpc) is 2.82. The van der Waals surface area contributed by atoms with Crippen LogP contribution in [0.1, 0.15) is 0 Å². The molecule has 0 atom stereocenters. The standard InChI is InChI=1S/C10H19N7OS/c1-19-7-6-15-2-4-16(5-3-15)9(18)8-17-10(11)12-13-14-17/h2-8H2,1H3,(H2,11,12,14). The number of rotatable bonds is 5. The summed E-state index contributed by atoms with van der Waals surface area (Å²) in [5, 5.41) is 10.7. The van der Waals surface area contributed by atoms with Crippen molar-refractivity contribution in [2.24, 2.45) is 0 Å². The first-order valence-corrected chi connectivity index (χ1v) is 7.61. The van der Waals surface area contributed by atoms with Crippen LogP contribution in [0.3, 0.4) is 0 Å². The van der Waals surface area contributed by atoms with E-state index >= 15 is 0 Å². The Balaban J connectivity index is 1.78. The van der Waals surface area contributed by atoms with Crippen molar-refractivity contribution in [3.05, 3.63) is 0 Å². The minimum Gasteiger partial charge on any atom is -0.367 e. The van der Waals surface area contributed by atoms with Gasteiger partial charge in [-0.15, -0.1) is 0 Å². The number of nitrogens with two attached hydrogens (primary N) is 1. The highest BCUT2D eigenvalue weighted by Crippen LogP contribution is 2.05. The number of aromatic nitrogens is 4. The van der Waals surface area contributed by atoms with E-state index in [0.29, 0.717) is 0 Å². The molecule has 9 heteroatoms. The van der Waals surface area contributed by atoms with Crippen molar-refractivity contribution in [1.82, 2.24) is 30.0 Å². The third kappa shape index (κ3) is 3.80. The van der Waals surface area contributed by atoms with Gasteiger partial charge in [0.05, 0.1) is 0 Å². The van der Waals surface area contributed by atoms with E-state index in [1.807, 2.05) is 16.7 Å². The van der Waals surface area contributed by atoms with E-state index < -0.39 is 0 Å². The van der Waals surface area contributed by atoms with Crippen LogP contribution in [0, 0.1) is 0 Å². The topological polar surface area (TPSA) is 93.2 Å². The van der Waals surface area contributed by atoms with Crippen molar-refractivity contribution in [3.63, 3.8) is 0 Å². The van der Waals surface area contributed by atoms with Crippen LogP contribution < -0.4 is 5.73 Å². The lowest BCUT2D eigenvalue weighted by Crippen LogP contribution is -2.50. The fourth-order valence-electron chi connectivity index (χ4n) is 1.99. The lowest BCUT2D eigenvalue weighted by molar-refractivity contribution is -0.133. The average molecular weight is 285 g/mol. The number of anilines is 1. The van der Waals surface area contributed by atoms with E-state index in [1.54, 1.807) is 0 Å². The number of thioether (sulfide) groups is 1. The van der Waals surface area contributed by atoms with Gasteiger partial charge in [-0.05, 0) is 16.7 Å². The van der Waals surface area contributed by atoms with Crippen LogP contribution in [0.2, 0.25) is 0 Å². The van der Waals surface area contributed by atoms with Crippen molar-refractivity contribution >= 4 is 23.6 Å². The Kier molecular flexibility index (Phi) is 4.97. The molecule has 1 aromatic rings. The van der Waals surface area contributed by atoms with Gasteiger partial charge in [-0.3, -0.25) is 9.69 Å². The second-order valence-corrected chi connectivity index (χ2v) is 5.40. The Labute approximate surface area is 116 Å². The predicted octanol–water partition coefficient (Wildman–Crippen LogP) is -1.24. The summed E-state index contributed by atoms with van der Waals surface area (Å²) in [6.07, 6.45) is 2.11. The van der Waals surface area contributed by atoms with Crippen LogP contribution in [0.4, 0.5) is 5.95 Å². The van der Waals surface area contributed by atoms with Crippen LogP contribution in [0.25, 0.3) is 0 Å². The molecule has 8 nitrogen and oxygen atoms in total. The molecule has 1 aliphatic rings. The monoisotopic (exact) mass is 285 g/mol. The largest absolute Gasteiger partial charge is 0.367 e. The number of carbonyl (C=O) groups is 1. The fourth-order valence-corrected chi connectivity index (χ4v) is 2.43. The minimum absolute atomic E-state index is 0.0171. The van der Waals surface area contributed by atoms with E-state index in [-0.39, 0.29) is 18.4 Å². The Morgan fingerprint density at radius 3 is 2.68 bits per heavy atom. The second-order valence-electron chi connectivity index (χ2n) is 4.41. The normalized spacial score (nSPS) is 16.8. The van der Waals surface area contributed by atoms with Crippen molar-refractivity contribution in [1.29, 1.82) is 0 Å². The number of nitrogens with zero attached hydrogens (tertiary/aromatic N) is 6. The number of hydrogen-bond acceptors (Lipinski definition) is 7. The van der Waals surface area contributed by atoms with Gasteiger partial charge < -0.3 is 10.6 Å². The van der Waals surface area contributed by atoms with E-state index in [2.05, 4.69) is 26.7 Å². The number of carbonyl (C=O) groups excluding carboxylic acids is 1. The molecule has 0 aliphatic carbocycles. The summed E-state index contributed by atoms with van der Waals surface area (Å²) in [7, 11) is 0. The van der Waals surface area contributed by atoms with Crippen molar-refractivity contribution in [3.8, 4) is 0 Å². The predicted molar refractivity (Wildman–Crippen MR) is 73.6 cm³/mol. The summed E-state index contributed by atoms with van der Waals surface area (Å²) in [5.74, 6) is 1.32. The van der Waals surface area contributed by atoms with Gasteiger partial charge in [0, 0.05) is 38.5 Å². The smallest absolute Gasteiger partial charge is 0.244 e. The molecule has 1 fully saturated rings. The molecule has 1 aromatic heterocycles. The Bertz CT molecular complexity index is 416. The van der Waals surface area contributed by atoms with Crippen LogP contribution >= 0.6 is 11.8 Å². The first-order chi connectivity index (χ1) is 9.20. The van der Waals surface area contributed by atoms with Crippen LogP contribution in [-0.2, 0) is 11.3 Å². The molecule has 2 rings (SSSR count). The third-order valence-corrected chi connectivity index (χ3v) is 3.77. The maximum Gasteiger partial charge on any atom is 0.244 e. The lowest BCUT2D eigenvalue weighted by atomic mass is 10.3. The van der Waals surface area contributed by atoms with Crippen molar-refractivity contribution in [2.45, 2.75) is 6.54 Å². The number of piperazine rings is 1. The highest BCUT2D eigenvalue weighted by Gasteiger charge is 2.21. The van der Waals surface area contributed by atoms with Gasteiger partial charge in [-0.1, -0.05) is 5.10 Å². The zero-order valence-corrected chi connectivity index (χ0v) is 11.8. The number of hydrogen-bond donors (Lipinski definition) is 1. The van der Waals surface area contributed by atoms with E-state index in [9.17, 15) is 4.79 Å². The SMILES string of the molecule is CSCCN1CCN(C(=O)Cn2nnnc2N)CC1. The first kappa shape index (κ1) is 14.1. The molecule has 0 bridgehead atoms. The zero-order valence-electron chi connectivity index (χ0n) is 11.0. The molecule has 0 unspecified atom stereocenters. The molecule has 0 radical (unpaired) electrons. The summed E-state index contributed by atoms with van der Waals surface area (Å²) < 4.78 is 1.32. The molecule has 106 valence electrons. The molecule has 19 heavy (non-hydrogen) atoms. The summed E-state index contributed by atoms with van der Waals surface area (Å²) in [5.41, 5.74) is 5.54. The Morgan fingerprint density at radius 1 is 1.37 bits per heavy atom. The summed E-state index contributed by atoms with van der Waals surface area (Å²) in [6.45, 7) is 4.58. The molecular weight excluding hydrogens is 266 g/mol. The van der Waals surface area contributed by atoms with Crippen LogP contribution in [-0.4, -0.2) is 80.6 Å². The Hall–Kier alpha value is -1.35. The molecular formula is C10H19N7OS. The van der Waals surface area contributed by atoms with E-state index in [1.165, 1.54) is 4.68 Å². The lowest BCUT2D eigenvalue weighted by Gasteiger charge is -2.34. The van der Waals surface area contributed by atoms with Gasteiger partial charge in [0.15, 0.2) is 0 Å². The van der Waals surface area contributed by atoms with Gasteiger partial charge in [0.25, 0.3) is 0 Å². The Morgan fingerprint density at radius 2 is 2.11 bits per heavy atom. The summed E-state index contributed by atoms with van der Waals surface area (Å²) >= 11 is 1.85. The highest BCUT2D eigenvalue weighted by molar-refractivity contribution is 7.98. The van der Waals surface area contributed by atoms with Gasteiger partial charge >= 0.3 is 0 Å². The molecule has 2 N–H and O–H groups in total. The highest BCUT2D eigenvalue weighted by atomic mass is 32.2. The molecule has 1 saturated heterocycles. The van der Waals surface area contributed by atoms with Gasteiger partial charge in [-0.25, -0.2) is 4.68 Å². The first-order valence-electron chi connectivity index (χ1n) is 6.21. The number of tetrazole rings is 1. The molecule has 1 aliphatic heterocycles. The molecule has 1 amide bonds. The van der Waals surface area contributed by atoms with Gasteiger partial charge in [0.1, 0.15) is 6.54 Å². The summed E-state index contributed by atoms with van der Waals surface area (Å²) in [4.78, 5) is 16.3. The van der Waals surface area contributed by atoms with Crippen molar-refractivity contribution in [2.75, 3.05) is 50.5 Å². The number of nitrogen functional groups attached to an aromatic ring is 1. The maximum absolute atomic E-state index is 12.1. The van der Waals surface area contributed by atoms with E-state index in [0.717, 1.165) is 38.5 Å². The number of amides is 1. The van der Waals surface area contributed by atoms with Crippen LogP contribution in [0.5, 0.6) is 0 Å². The maximum atomic E-state index is 12.1. The molecule has 0 saturated carbocycles. The zero-order chi connectivity index (χ0) is 13.7. The van der Waals surface area contributed by atoms with Crippen molar-refractivity contribution < 1.29 is 4.79 Å². The second kappa shape index (κ2) is 6.71. The van der Waals surface area contributed by atoms with Gasteiger partial charge in [0.2, 0.25) is 11.9 Å². The van der Waals surface area contributed by atoms with E-state index in [4.69, 9.17) is 5.73 Å². The molecule has 2 heterocycles. The summed E-state index contributed by atoms with van der Waals surface area (Å²) in [6, 6.07) is 0. The molecule has 0 spiro atoms. The molecule has 0 aromatic carbocycles.